The Morgan fingerprint density at radius 3 is 2.59 bits per heavy atom. The second-order valence-electron chi connectivity index (χ2n) is 8.98. The maximum atomic E-state index is 13.2. The lowest BCUT2D eigenvalue weighted by Gasteiger charge is -2.36. The van der Waals surface area contributed by atoms with Gasteiger partial charge in [-0.15, -0.1) is 0 Å². The molecule has 2 saturated heterocycles. The highest BCUT2D eigenvalue weighted by atomic mass is 16.7. The zero-order valence-corrected chi connectivity index (χ0v) is 18.7. The predicted molar refractivity (Wildman–Crippen MR) is 121 cm³/mol. The number of hydrogen-bond acceptors (Lipinski definition) is 5. The normalized spacial score (nSPS) is 20.8. The Balaban J connectivity index is 1.17. The number of anilines is 1. The molecule has 0 aromatic heterocycles. The van der Waals surface area contributed by atoms with Crippen molar-refractivity contribution < 1.29 is 19.1 Å². The van der Waals surface area contributed by atoms with Crippen molar-refractivity contribution in [3.05, 3.63) is 53.1 Å². The molecular formula is C25H29N3O4. The van der Waals surface area contributed by atoms with Crippen LogP contribution in [-0.4, -0.2) is 61.1 Å². The van der Waals surface area contributed by atoms with Gasteiger partial charge in [-0.25, -0.2) is 0 Å². The fraction of sp³-hybridized carbons (Fsp3) is 0.440. The molecule has 168 valence electrons. The van der Waals surface area contributed by atoms with Crippen LogP contribution < -0.4 is 14.4 Å². The highest BCUT2D eigenvalue weighted by Crippen LogP contribution is 2.33. The molecule has 2 aromatic rings. The van der Waals surface area contributed by atoms with E-state index in [0.717, 1.165) is 47.9 Å². The average Bonchev–Trinajstić information content (AvgIpc) is 3.41. The number of ether oxygens (including phenoxy) is 2. The van der Waals surface area contributed by atoms with Crippen LogP contribution in [0.5, 0.6) is 11.5 Å². The highest BCUT2D eigenvalue weighted by Gasteiger charge is 2.38. The van der Waals surface area contributed by atoms with Crippen LogP contribution in [0.25, 0.3) is 0 Å². The van der Waals surface area contributed by atoms with Crippen LogP contribution in [0.1, 0.15) is 23.1 Å². The van der Waals surface area contributed by atoms with Crippen LogP contribution in [0.3, 0.4) is 0 Å². The highest BCUT2D eigenvalue weighted by molar-refractivity contribution is 6.00. The number of carbonyl (C=O) groups excluding carboxylic acids is 2. The molecule has 0 saturated carbocycles. The molecule has 32 heavy (non-hydrogen) atoms. The monoisotopic (exact) mass is 435 g/mol. The van der Waals surface area contributed by atoms with Crippen LogP contribution in [-0.2, 0) is 16.1 Å². The summed E-state index contributed by atoms with van der Waals surface area (Å²) in [6.45, 7) is 8.63. The molecule has 2 fully saturated rings. The summed E-state index contributed by atoms with van der Waals surface area (Å²) in [6.07, 6.45) is 0.295. The quantitative estimate of drug-likeness (QED) is 0.739. The van der Waals surface area contributed by atoms with Crippen molar-refractivity contribution in [3.63, 3.8) is 0 Å². The molecule has 1 unspecified atom stereocenters. The maximum Gasteiger partial charge on any atom is 0.231 e. The summed E-state index contributed by atoms with van der Waals surface area (Å²) in [7, 11) is 0. The van der Waals surface area contributed by atoms with Gasteiger partial charge in [-0.2, -0.15) is 0 Å². The van der Waals surface area contributed by atoms with Gasteiger partial charge in [0.2, 0.25) is 18.6 Å². The van der Waals surface area contributed by atoms with Crippen molar-refractivity contribution in [2.75, 3.05) is 44.4 Å². The first kappa shape index (κ1) is 20.8. The lowest BCUT2D eigenvalue weighted by atomic mass is 10.1. The molecule has 2 aromatic carbocycles. The Bertz CT molecular complexity index is 1050. The van der Waals surface area contributed by atoms with Crippen molar-refractivity contribution in [2.45, 2.75) is 26.8 Å². The van der Waals surface area contributed by atoms with E-state index in [0.29, 0.717) is 26.1 Å². The maximum absolute atomic E-state index is 13.2. The van der Waals surface area contributed by atoms with Gasteiger partial charge in [0.05, 0.1) is 5.92 Å². The summed E-state index contributed by atoms with van der Waals surface area (Å²) >= 11 is 0. The molecule has 0 spiro atoms. The first-order valence-corrected chi connectivity index (χ1v) is 11.3. The number of nitrogens with zero attached hydrogens (tertiary/aromatic N) is 3. The van der Waals surface area contributed by atoms with Crippen molar-refractivity contribution >= 4 is 17.5 Å². The first-order valence-electron chi connectivity index (χ1n) is 11.3. The Morgan fingerprint density at radius 1 is 1.00 bits per heavy atom. The molecule has 3 aliphatic heterocycles. The fourth-order valence-corrected chi connectivity index (χ4v) is 4.80. The predicted octanol–water partition coefficient (Wildman–Crippen LogP) is 2.73. The van der Waals surface area contributed by atoms with E-state index in [9.17, 15) is 9.59 Å². The van der Waals surface area contributed by atoms with Crippen molar-refractivity contribution in [2.24, 2.45) is 5.92 Å². The van der Waals surface area contributed by atoms with Gasteiger partial charge >= 0.3 is 0 Å². The number of aryl methyl sites for hydroxylation is 2. The van der Waals surface area contributed by atoms with Gasteiger partial charge in [0.25, 0.3) is 0 Å². The van der Waals surface area contributed by atoms with Crippen LogP contribution in [0.2, 0.25) is 0 Å². The molecule has 0 bridgehead atoms. The molecule has 2 amide bonds. The van der Waals surface area contributed by atoms with E-state index in [-0.39, 0.29) is 24.5 Å². The zero-order valence-electron chi connectivity index (χ0n) is 18.7. The second kappa shape index (κ2) is 8.47. The minimum atomic E-state index is -0.261. The summed E-state index contributed by atoms with van der Waals surface area (Å²) in [5.41, 5.74) is 4.29. The summed E-state index contributed by atoms with van der Waals surface area (Å²) < 4.78 is 10.9. The van der Waals surface area contributed by atoms with Gasteiger partial charge in [0.15, 0.2) is 11.5 Å². The summed E-state index contributed by atoms with van der Waals surface area (Å²) in [5.74, 6) is 1.48. The van der Waals surface area contributed by atoms with E-state index in [2.05, 4.69) is 11.0 Å². The standard InChI is InChI=1S/C25H29N3O4/c1-17-3-4-18(2)21(11-17)28-15-20(13-24(28)29)25(30)27-9-7-26(8-10-27)14-19-5-6-22-23(12-19)32-16-31-22/h3-6,11-12,20H,7-10,13-16H2,1-2H3. The first-order chi connectivity index (χ1) is 15.5. The zero-order chi connectivity index (χ0) is 22.2. The second-order valence-corrected chi connectivity index (χ2v) is 8.98. The summed E-state index contributed by atoms with van der Waals surface area (Å²) in [4.78, 5) is 31.9. The Morgan fingerprint density at radius 2 is 1.78 bits per heavy atom. The Kier molecular flexibility index (Phi) is 5.51. The van der Waals surface area contributed by atoms with E-state index in [1.165, 1.54) is 5.56 Å². The molecule has 3 heterocycles. The Hall–Kier alpha value is -3.06. The molecule has 0 aliphatic carbocycles. The number of fused-ring (bicyclic) bond motifs is 1. The summed E-state index contributed by atoms with van der Waals surface area (Å²) in [5, 5.41) is 0. The van der Waals surface area contributed by atoms with E-state index < -0.39 is 0 Å². The third kappa shape index (κ3) is 4.05. The van der Waals surface area contributed by atoms with Gasteiger partial charge in [-0.1, -0.05) is 18.2 Å². The lowest BCUT2D eigenvalue weighted by molar-refractivity contribution is -0.137. The summed E-state index contributed by atoms with van der Waals surface area (Å²) in [6, 6.07) is 12.2. The van der Waals surface area contributed by atoms with Gasteiger partial charge in [-0.3, -0.25) is 14.5 Å². The van der Waals surface area contributed by atoms with E-state index in [1.54, 1.807) is 4.90 Å². The molecular weight excluding hydrogens is 406 g/mol. The smallest absolute Gasteiger partial charge is 0.231 e. The van der Waals surface area contributed by atoms with E-state index >= 15 is 0 Å². The molecule has 0 N–H and O–H groups in total. The molecule has 0 radical (unpaired) electrons. The SMILES string of the molecule is Cc1ccc(C)c(N2CC(C(=O)N3CCN(Cc4ccc5c(c4)OCO5)CC3)CC2=O)c1. The molecule has 7 heteroatoms. The van der Waals surface area contributed by atoms with Gasteiger partial charge < -0.3 is 19.3 Å². The number of benzene rings is 2. The van der Waals surface area contributed by atoms with Crippen LogP contribution in [0.4, 0.5) is 5.69 Å². The number of amides is 2. The largest absolute Gasteiger partial charge is 0.454 e. The molecule has 7 nitrogen and oxygen atoms in total. The van der Waals surface area contributed by atoms with Crippen molar-refractivity contribution in [3.8, 4) is 11.5 Å². The number of rotatable bonds is 4. The molecule has 5 rings (SSSR count). The van der Waals surface area contributed by atoms with Crippen molar-refractivity contribution in [1.29, 1.82) is 0 Å². The Labute approximate surface area is 188 Å². The molecule has 3 aliphatic rings. The number of carbonyl (C=O) groups is 2. The third-order valence-corrected chi connectivity index (χ3v) is 6.66. The topological polar surface area (TPSA) is 62.3 Å². The van der Waals surface area contributed by atoms with Gasteiger partial charge in [-0.05, 0) is 48.7 Å². The van der Waals surface area contributed by atoms with Crippen LogP contribution in [0, 0.1) is 19.8 Å². The minimum absolute atomic E-state index is 0.0403. The van der Waals surface area contributed by atoms with Crippen molar-refractivity contribution in [1.82, 2.24) is 9.80 Å². The fourth-order valence-electron chi connectivity index (χ4n) is 4.80. The van der Waals surface area contributed by atoms with Crippen LogP contribution in [0.15, 0.2) is 36.4 Å². The van der Waals surface area contributed by atoms with E-state index in [4.69, 9.17) is 9.47 Å². The number of hydrogen-bond donors (Lipinski definition) is 0. The van der Waals surface area contributed by atoms with Crippen LogP contribution >= 0.6 is 0 Å². The number of piperazine rings is 1. The minimum Gasteiger partial charge on any atom is -0.454 e. The van der Waals surface area contributed by atoms with E-state index in [1.807, 2.05) is 49.1 Å². The third-order valence-electron chi connectivity index (χ3n) is 6.66. The van der Waals surface area contributed by atoms with Gasteiger partial charge in [0, 0.05) is 51.4 Å². The average molecular weight is 436 g/mol. The molecule has 1 atom stereocenters. The van der Waals surface area contributed by atoms with Gasteiger partial charge in [0.1, 0.15) is 0 Å². The lowest BCUT2D eigenvalue weighted by Crippen LogP contribution is -2.50.